The second kappa shape index (κ2) is 29.4. The second-order valence-corrected chi connectivity index (χ2v) is 23.0. The molecule has 0 atom stereocenters. The van der Waals surface area contributed by atoms with Gasteiger partial charge in [0.25, 0.3) is 11.8 Å². The highest BCUT2D eigenvalue weighted by Gasteiger charge is 2.20. The van der Waals surface area contributed by atoms with Gasteiger partial charge in [-0.25, -0.2) is 9.97 Å². The molecular weight excluding hydrogens is 1270 g/mol. The number of nitrogens with one attached hydrogen (secondary N) is 3. The first kappa shape index (κ1) is 61.2. The van der Waals surface area contributed by atoms with Gasteiger partial charge in [0.1, 0.15) is 11.5 Å². The number of alkyl halides is 1. The van der Waals surface area contributed by atoms with Crippen LogP contribution in [-0.4, -0.2) is 88.1 Å². The van der Waals surface area contributed by atoms with Crippen LogP contribution in [0.1, 0.15) is 64.8 Å². The Morgan fingerprint density at radius 1 is 0.631 bits per heavy atom. The van der Waals surface area contributed by atoms with Crippen molar-refractivity contribution in [2.45, 2.75) is 38.5 Å². The van der Waals surface area contributed by atoms with Crippen LogP contribution in [0.3, 0.4) is 0 Å². The van der Waals surface area contributed by atoms with Crippen molar-refractivity contribution in [2.75, 3.05) is 62.9 Å². The lowest BCUT2D eigenvalue weighted by Gasteiger charge is -2.23. The lowest BCUT2D eigenvalue weighted by molar-refractivity contribution is 0.102. The molecule has 6 aromatic carbocycles. The zero-order valence-electron chi connectivity index (χ0n) is 47.3. The molecule has 84 heavy (non-hydrogen) atoms. The molecular formula is C68H64BrCl2IN8O4. The number of piperidine rings is 2. The standard InChI is InChI=1S/C34H31ClN4O2.C26H19ClIN3O2.C5H11N.C3H3Br/c1-38-22-30(28-20-24(35)9-15-33(28)38)32-21-29(34(40)36-25-10-12-26(41-2)13-11-25)27-19-23(8-14-31(27)37-32)7-6-18-39-16-4-3-5-17-39;1-31-14-22(20-11-15(27)3-10-25(20)31)24-13-21(19-12-16(28)4-9-23(19)30-24)26(32)29-17-5-7-18(33-2)8-6-17;1-2-4-6-5-3-1;1-2-3-4/h8-15,19-22H,3-5,16-18H2,1-2H3,(H,36,40);3-14H,1-2H3,(H,29,32);6H,1-5H2;1H,3H2. The van der Waals surface area contributed by atoms with Gasteiger partial charge in [0.15, 0.2) is 0 Å². The molecule has 6 heterocycles. The number of rotatable bonds is 9. The van der Waals surface area contributed by atoms with Gasteiger partial charge < -0.3 is 34.6 Å². The molecule has 2 aliphatic heterocycles. The van der Waals surface area contributed by atoms with Crippen molar-refractivity contribution in [1.82, 2.24) is 29.3 Å². The summed E-state index contributed by atoms with van der Waals surface area (Å²) in [7, 11) is 7.21. The van der Waals surface area contributed by atoms with Crippen LogP contribution in [0.5, 0.6) is 11.5 Å². The van der Waals surface area contributed by atoms with Crippen molar-refractivity contribution in [2.24, 2.45) is 14.1 Å². The molecule has 0 spiro atoms. The number of aryl methyl sites for hydroxylation is 2. The first-order valence-electron chi connectivity index (χ1n) is 27.7. The minimum atomic E-state index is -0.222. The summed E-state index contributed by atoms with van der Waals surface area (Å²) in [5, 5.41) is 14.8. The number of terminal acetylenes is 1. The van der Waals surface area contributed by atoms with E-state index in [1.165, 1.54) is 51.6 Å². The molecule has 0 radical (unpaired) electrons. The maximum atomic E-state index is 13.8. The highest BCUT2D eigenvalue weighted by Crippen LogP contribution is 2.36. The fourth-order valence-electron chi connectivity index (χ4n) is 10.2. The first-order chi connectivity index (χ1) is 40.8. The van der Waals surface area contributed by atoms with Crippen LogP contribution in [0.25, 0.3) is 66.1 Å². The Bertz CT molecular complexity index is 4070. The van der Waals surface area contributed by atoms with Crippen molar-refractivity contribution >= 4 is 129 Å². The minimum absolute atomic E-state index is 0.200. The van der Waals surface area contributed by atoms with Gasteiger partial charge >= 0.3 is 0 Å². The monoisotopic (exact) mass is 1330 g/mol. The second-order valence-electron chi connectivity index (χ2n) is 20.3. The summed E-state index contributed by atoms with van der Waals surface area (Å²) < 4.78 is 15.6. The summed E-state index contributed by atoms with van der Waals surface area (Å²) in [4.78, 5) is 39.5. The molecule has 0 saturated carbocycles. The third kappa shape index (κ3) is 15.5. The van der Waals surface area contributed by atoms with Gasteiger partial charge in [-0.05, 0) is 208 Å². The van der Waals surface area contributed by atoms with Crippen molar-refractivity contribution in [3.63, 3.8) is 0 Å². The van der Waals surface area contributed by atoms with Crippen LogP contribution in [0, 0.1) is 27.8 Å². The fourth-order valence-corrected chi connectivity index (χ4v) is 11.0. The van der Waals surface area contributed by atoms with Crippen molar-refractivity contribution in [3.8, 4) is 58.2 Å². The van der Waals surface area contributed by atoms with E-state index in [1.54, 1.807) is 14.2 Å². The molecule has 2 fully saturated rings. The minimum Gasteiger partial charge on any atom is -0.497 e. The van der Waals surface area contributed by atoms with E-state index < -0.39 is 0 Å². The van der Waals surface area contributed by atoms with E-state index in [4.69, 9.17) is 49.1 Å². The zero-order valence-corrected chi connectivity index (χ0v) is 52.6. The predicted molar refractivity (Wildman–Crippen MR) is 358 cm³/mol. The van der Waals surface area contributed by atoms with Crippen molar-refractivity contribution in [1.29, 1.82) is 0 Å². The number of methoxy groups -OCH3 is 2. The predicted octanol–water partition coefficient (Wildman–Crippen LogP) is 15.8. The number of hydrogen-bond acceptors (Lipinski definition) is 8. The largest absolute Gasteiger partial charge is 0.497 e. The Kier molecular flexibility index (Phi) is 21.4. The Morgan fingerprint density at radius 2 is 1.11 bits per heavy atom. The summed E-state index contributed by atoms with van der Waals surface area (Å²) in [5.41, 5.74) is 10.1. The topological polar surface area (TPSA) is 128 Å². The smallest absolute Gasteiger partial charge is 0.256 e. The van der Waals surface area contributed by atoms with Crippen LogP contribution in [-0.2, 0) is 14.1 Å². The highest BCUT2D eigenvalue weighted by atomic mass is 127. The molecule has 12 rings (SSSR count). The van der Waals surface area contributed by atoms with E-state index >= 15 is 0 Å². The SMILES string of the molecule is C#CCBr.C1CCNCC1.COc1ccc(NC(=O)c2cc(-c3cn(C)c4ccc(Cl)cc34)nc3ccc(C#CCN4CCCCC4)cc23)cc1.COc1ccc(NC(=O)c2cc(-c3cn(C)c4ccc(Cl)cc34)nc3ccc(I)cc23)cc1. The quantitative estimate of drug-likeness (QED) is 0.0741. The van der Waals surface area contributed by atoms with Crippen LogP contribution < -0.4 is 25.4 Å². The third-order valence-electron chi connectivity index (χ3n) is 14.5. The molecule has 0 aliphatic carbocycles. The van der Waals surface area contributed by atoms with Gasteiger partial charge in [-0.2, -0.15) is 0 Å². The molecule has 0 unspecified atom stereocenters. The Balaban J connectivity index is 0.000000176. The first-order valence-corrected chi connectivity index (χ1v) is 30.7. The van der Waals surface area contributed by atoms with E-state index in [2.05, 4.69) is 77.1 Å². The van der Waals surface area contributed by atoms with Crippen LogP contribution in [0.4, 0.5) is 11.4 Å². The lowest BCUT2D eigenvalue weighted by Crippen LogP contribution is -2.29. The van der Waals surface area contributed by atoms with Crippen LogP contribution in [0.2, 0.25) is 10.0 Å². The summed E-state index contributed by atoms with van der Waals surface area (Å²) in [6, 6.07) is 41.7. The number of likely N-dealkylation sites (tertiary alicyclic amines) is 1. The molecule has 2 aliphatic rings. The van der Waals surface area contributed by atoms with Gasteiger partial charge in [-0.1, -0.05) is 69.7 Å². The molecule has 428 valence electrons. The van der Waals surface area contributed by atoms with Gasteiger partial charge in [0, 0.05) is 101 Å². The number of pyridine rings is 2. The number of fused-ring (bicyclic) bond motifs is 4. The van der Waals surface area contributed by atoms with E-state index in [1.807, 2.05) is 169 Å². The molecule has 3 N–H and O–H groups in total. The Hall–Kier alpha value is -7.41. The van der Waals surface area contributed by atoms with Crippen LogP contribution >= 0.6 is 61.7 Å². The molecule has 10 aromatic rings. The average Bonchev–Trinajstić information content (AvgIpc) is 3.06. The maximum absolute atomic E-state index is 13.8. The van der Waals surface area contributed by atoms with Gasteiger partial charge in [-0.15, -0.1) is 6.42 Å². The molecule has 16 heteroatoms. The van der Waals surface area contributed by atoms with E-state index in [0.29, 0.717) is 43.6 Å². The Morgan fingerprint density at radius 3 is 1.56 bits per heavy atom. The zero-order chi connectivity index (χ0) is 59.1. The van der Waals surface area contributed by atoms with Gasteiger partial charge in [0.05, 0.1) is 59.6 Å². The number of anilines is 2. The van der Waals surface area contributed by atoms with E-state index in [-0.39, 0.29) is 11.8 Å². The number of aromatic nitrogens is 4. The number of amides is 2. The molecule has 4 aromatic heterocycles. The van der Waals surface area contributed by atoms with Gasteiger partial charge in [0.2, 0.25) is 0 Å². The lowest BCUT2D eigenvalue weighted by atomic mass is 10.0. The molecule has 12 nitrogen and oxygen atoms in total. The summed E-state index contributed by atoms with van der Waals surface area (Å²) in [5.74, 6) is 10.0. The van der Waals surface area contributed by atoms with Crippen LogP contribution in [0.15, 0.2) is 146 Å². The molecule has 2 amide bonds. The fraction of sp³-hybridized carbons (Fsp3) is 0.235. The summed E-state index contributed by atoms with van der Waals surface area (Å²) in [6.45, 7) is 5.46. The van der Waals surface area contributed by atoms with E-state index in [9.17, 15) is 9.59 Å². The maximum Gasteiger partial charge on any atom is 0.256 e. The average molecular weight is 1340 g/mol. The number of benzene rings is 6. The third-order valence-corrected chi connectivity index (χ3v) is 16.0. The number of nitrogens with zero attached hydrogens (tertiary/aromatic N) is 5. The number of hydrogen-bond donors (Lipinski definition) is 3. The molecule has 2 saturated heterocycles. The molecule has 0 bridgehead atoms. The van der Waals surface area contributed by atoms with Crippen molar-refractivity contribution < 1.29 is 19.1 Å². The van der Waals surface area contributed by atoms with Gasteiger partial charge in [-0.3, -0.25) is 14.5 Å². The Labute approximate surface area is 522 Å². The van der Waals surface area contributed by atoms with Crippen molar-refractivity contribution in [3.05, 3.63) is 176 Å². The number of carbonyl (C=O) groups excluding carboxylic acids is 2. The normalized spacial score (nSPS) is 13.0. The summed E-state index contributed by atoms with van der Waals surface area (Å²) in [6.07, 6.45) is 16.8. The number of carbonyl (C=O) groups is 2. The number of ether oxygens (including phenoxy) is 2. The highest BCUT2D eigenvalue weighted by molar-refractivity contribution is 14.1. The summed E-state index contributed by atoms with van der Waals surface area (Å²) >= 11 is 17.9. The van der Waals surface area contributed by atoms with E-state index in [0.717, 1.165) is 101 Å². The number of halogens is 4.